The maximum absolute atomic E-state index is 5.11. The van der Waals surface area contributed by atoms with E-state index in [2.05, 4.69) is 162 Å². The molecule has 0 aliphatic heterocycles. The highest BCUT2D eigenvalue weighted by molar-refractivity contribution is 6.11. The molecule has 0 spiro atoms. The lowest BCUT2D eigenvalue weighted by atomic mass is 9.95. The first kappa shape index (κ1) is 32.0. The Labute approximate surface area is 325 Å². The minimum absolute atomic E-state index is 0.668. The summed E-state index contributed by atoms with van der Waals surface area (Å²) in [5.41, 5.74) is 16.4. The van der Waals surface area contributed by atoms with E-state index in [1.165, 1.54) is 66.3 Å². The molecule has 0 unspecified atom stereocenters. The number of para-hydroxylation sites is 1. The molecule has 1 aliphatic carbocycles. The highest BCUT2D eigenvalue weighted by Gasteiger charge is 2.26. The van der Waals surface area contributed by atoms with Gasteiger partial charge in [0.1, 0.15) is 0 Å². The minimum Gasteiger partial charge on any atom is -0.309 e. The molecule has 8 aromatic carbocycles. The molecule has 2 aromatic heterocycles. The van der Waals surface area contributed by atoms with Gasteiger partial charge in [0.25, 0.3) is 0 Å². The first-order chi connectivity index (χ1) is 27.8. The summed E-state index contributed by atoms with van der Waals surface area (Å²) in [5.74, 6) is 2.02. The lowest BCUT2D eigenvalue weighted by molar-refractivity contribution is 1.07. The highest BCUT2D eigenvalue weighted by atomic mass is 15.0. The van der Waals surface area contributed by atoms with Crippen molar-refractivity contribution < 1.29 is 0 Å². The average molecular weight is 715 g/mol. The van der Waals surface area contributed by atoms with Gasteiger partial charge < -0.3 is 4.57 Å². The number of hydrogen-bond donors (Lipinski definition) is 0. The van der Waals surface area contributed by atoms with Crippen molar-refractivity contribution in [1.82, 2.24) is 19.5 Å². The summed E-state index contributed by atoms with van der Waals surface area (Å²) in [5, 5.41) is 2.48. The van der Waals surface area contributed by atoms with Gasteiger partial charge in [-0.3, -0.25) is 0 Å². The Hall–Kier alpha value is -7.43. The van der Waals surface area contributed by atoms with Crippen LogP contribution in [-0.4, -0.2) is 19.5 Å². The van der Waals surface area contributed by atoms with E-state index in [9.17, 15) is 0 Å². The number of hydrogen-bond acceptors (Lipinski definition) is 3. The standard InChI is InChI=1S/C52H34N4/c1-5-15-34(16-6-1)37-28-30-48-47(31-37)43-29-27-38(32-49(43)56(48)39-21-11-4-12-22-39)40-23-13-24-41-42-25-14-26-44(46(42)33-45(40)41)52-54-50(35-17-7-2-8-18-35)53-51(55-52)36-19-9-3-10-20-36/h1-32H,33H2. The molecule has 0 atom stereocenters. The Kier molecular flexibility index (Phi) is 7.52. The summed E-state index contributed by atoms with van der Waals surface area (Å²) < 4.78 is 2.41. The summed E-state index contributed by atoms with van der Waals surface area (Å²) in [7, 11) is 0. The summed E-state index contributed by atoms with van der Waals surface area (Å²) >= 11 is 0. The molecule has 2 heterocycles. The number of rotatable bonds is 6. The van der Waals surface area contributed by atoms with Crippen molar-refractivity contribution in [2.45, 2.75) is 6.42 Å². The number of nitrogens with zero attached hydrogens (tertiary/aromatic N) is 4. The van der Waals surface area contributed by atoms with E-state index in [-0.39, 0.29) is 0 Å². The van der Waals surface area contributed by atoms with Gasteiger partial charge in [-0.05, 0) is 74.8 Å². The van der Waals surface area contributed by atoms with Crippen LogP contribution in [0.15, 0.2) is 194 Å². The first-order valence-electron chi connectivity index (χ1n) is 19.1. The van der Waals surface area contributed by atoms with Crippen molar-refractivity contribution in [1.29, 1.82) is 0 Å². The predicted molar refractivity (Wildman–Crippen MR) is 230 cm³/mol. The lowest BCUT2D eigenvalue weighted by Crippen LogP contribution is -2.01. The summed E-state index contributed by atoms with van der Waals surface area (Å²) in [4.78, 5) is 15.2. The van der Waals surface area contributed by atoms with Crippen molar-refractivity contribution in [2.75, 3.05) is 0 Å². The van der Waals surface area contributed by atoms with Gasteiger partial charge in [-0.15, -0.1) is 0 Å². The second-order valence-corrected chi connectivity index (χ2v) is 14.4. The van der Waals surface area contributed by atoms with Gasteiger partial charge in [0.05, 0.1) is 11.0 Å². The van der Waals surface area contributed by atoms with E-state index in [0.717, 1.165) is 28.8 Å². The first-order valence-corrected chi connectivity index (χ1v) is 19.1. The molecule has 56 heavy (non-hydrogen) atoms. The molecule has 10 aromatic rings. The second-order valence-electron chi connectivity index (χ2n) is 14.4. The molecule has 4 heteroatoms. The molecule has 4 nitrogen and oxygen atoms in total. The van der Waals surface area contributed by atoms with Gasteiger partial charge >= 0.3 is 0 Å². The molecule has 11 rings (SSSR count). The van der Waals surface area contributed by atoms with E-state index in [1.807, 2.05) is 36.4 Å². The summed E-state index contributed by atoms with van der Waals surface area (Å²) in [6.45, 7) is 0. The van der Waals surface area contributed by atoms with Crippen LogP contribution in [0, 0.1) is 0 Å². The Morgan fingerprint density at radius 3 is 1.48 bits per heavy atom. The summed E-state index contributed by atoms with van der Waals surface area (Å²) in [6, 6.07) is 68.9. The van der Waals surface area contributed by atoms with Gasteiger partial charge in [0, 0.05) is 39.6 Å². The maximum atomic E-state index is 5.11. The van der Waals surface area contributed by atoms with Gasteiger partial charge in [0.2, 0.25) is 0 Å². The van der Waals surface area contributed by atoms with Crippen LogP contribution in [0.25, 0.3) is 95.0 Å². The van der Waals surface area contributed by atoms with Crippen molar-refractivity contribution in [2.24, 2.45) is 0 Å². The third-order valence-electron chi connectivity index (χ3n) is 11.1. The number of benzene rings is 8. The van der Waals surface area contributed by atoms with E-state index in [1.54, 1.807) is 0 Å². The molecule has 0 bridgehead atoms. The minimum atomic E-state index is 0.668. The van der Waals surface area contributed by atoms with Crippen molar-refractivity contribution >= 4 is 21.8 Å². The van der Waals surface area contributed by atoms with Crippen molar-refractivity contribution in [3.05, 3.63) is 205 Å². The molecular formula is C52H34N4. The normalized spacial score (nSPS) is 11.9. The zero-order chi connectivity index (χ0) is 37.0. The zero-order valence-electron chi connectivity index (χ0n) is 30.5. The molecule has 0 saturated heterocycles. The van der Waals surface area contributed by atoms with Crippen LogP contribution in [0.3, 0.4) is 0 Å². The molecule has 0 amide bonds. The Bertz CT molecular complexity index is 3020. The fraction of sp³-hybridized carbons (Fsp3) is 0.0192. The quantitative estimate of drug-likeness (QED) is 0.172. The Balaban J connectivity index is 1.05. The zero-order valence-corrected chi connectivity index (χ0v) is 30.5. The molecule has 262 valence electrons. The van der Waals surface area contributed by atoms with E-state index < -0.39 is 0 Å². The van der Waals surface area contributed by atoms with Crippen molar-refractivity contribution in [3.63, 3.8) is 0 Å². The third kappa shape index (κ3) is 5.34. The molecule has 0 fully saturated rings. The van der Waals surface area contributed by atoms with E-state index in [4.69, 9.17) is 15.0 Å². The van der Waals surface area contributed by atoms with Gasteiger partial charge in [-0.2, -0.15) is 0 Å². The SMILES string of the molecule is c1ccc(-c2ccc3c(c2)c2ccc(-c4cccc5c4Cc4c(-c6nc(-c7ccccc7)nc(-c7ccccc7)n6)cccc4-5)cc2n3-c2ccccc2)cc1. The molecule has 0 saturated carbocycles. The van der Waals surface area contributed by atoms with Crippen LogP contribution in [0.1, 0.15) is 11.1 Å². The molecular weight excluding hydrogens is 681 g/mol. The van der Waals surface area contributed by atoms with Crippen LogP contribution in [0.2, 0.25) is 0 Å². The highest BCUT2D eigenvalue weighted by Crippen LogP contribution is 2.46. The fourth-order valence-electron chi connectivity index (χ4n) is 8.50. The Morgan fingerprint density at radius 2 is 0.839 bits per heavy atom. The van der Waals surface area contributed by atoms with Gasteiger partial charge in [-0.25, -0.2) is 15.0 Å². The molecule has 0 radical (unpaired) electrons. The van der Waals surface area contributed by atoms with Crippen LogP contribution in [0.4, 0.5) is 0 Å². The third-order valence-corrected chi connectivity index (χ3v) is 11.1. The number of fused-ring (bicyclic) bond motifs is 6. The second kappa shape index (κ2) is 13.2. The predicted octanol–water partition coefficient (Wildman–Crippen LogP) is 12.9. The van der Waals surface area contributed by atoms with Gasteiger partial charge in [-0.1, -0.05) is 164 Å². The average Bonchev–Trinajstić information content (AvgIpc) is 3.83. The van der Waals surface area contributed by atoms with E-state index >= 15 is 0 Å². The van der Waals surface area contributed by atoms with Crippen LogP contribution in [-0.2, 0) is 6.42 Å². The largest absolute Gasteiger partial charge is 0.309 e. The smallest absolute Gasteiger partial charge is 0.164 e. The van der Waals surface area contributed by atoms with Crippen LogP contribution in [0.5, 0.6) is 0 Å². The van der Waals surface area contributed by atoms with Crippen molar-refractivity contribution in [3.8, 4) is 73.2 Å². The van der Waals surface area contributed by atoms with Crippen LogP contribution < -0.4 is 0 Å². The summed E-state index contributed by atoms with van der Waals surface area (Å²) in [6.07, 6.45) is 0.782. The molecule has 1 aliphatic rings. The monoisotopic (exact) mass is 714 g/mol. The number of aromatic nitrogens is 4. The molecule has 0 N–H and O–H groups in total. The van der Waals surface area contributed by atoms with E-state index in [0.29, 0.717) is 17.5 Å². The lowest BCUT2D eigenvalue weighted by Gasteiger charge is -2.12. The van der Waals surface area contributed by atoms with Crippen LogP contribution >= 0.6 is 0 Å². The topological polar surface area (TPSA) is 43.6 Å². The Morgan fingerprint density at radius 1 is 0.321 bits per heavy atom. The van der Waals surface area contributed by atoms with Gasteiger partial charge in [0.15, 0.2) is 17.5 Å². The maximum Gasteiger partial charge on any atom is 0.164 e. The fourth-order valence-corrected chi connectivity index (χ4v) is 8.50.